The SMILES string of the molecule is O=C(Nc1ccc(C(=O)NC2CCCC2)cc1)c1cccc(N2CCCS2(=O)=O)c1. The van der Waals surface area contributed by atoms with Crippen molar-refractivity contribution in [2.75, 3.05) is 21.9 Å². The number of carbonyl (C=O) groups excluding carboxylic acids is 2. The van der Waals surface area contributed by atoms with E-state index in [-0.39, 0.29) is 23.6 Å². The number of nitrogens with zero attached hydrogens (tertiary/aromatic N) is 1. The minimum absolute atomic E-state index is 0.0979. The van der Waals surface area contributed by atoms with Crippen LogP contribution in [0.25, 0.3) is 0 Å². The molecular formula is C22H25N3O4S. The fourth-order valence-electron chi connectivity index (χ4n) is 3.98. The highest BCUT2D eigenvalue weighted by Crippen LogP contribution is 2.25. The largest absolute Gasteiger partial charge is 0.349 e. The molecule has 0 spiro atoms. The van der Waals surface area contributed by atoms with Crippen LogP contribution in [-0.4, -0.2) is 38.6 Å². The molecule has 1 aliphatic heterocycles. The van der Waals surface area contributed by atoms with Crippen molar-refractivity contribution in [3.05, 3.63) is 59.7 Å². The second-order valence-electron chi connectivity index (χ2n) is 7.78. The summed E-state index contributed by atoms with van der Waals surface area (Å²) in [5.74, 6) is -0.305. The fraction of sp³-hybridized carbons (Fsp3) is 0.364. The number of hydrogen-bond donors (Lipinski definition) is 2. The molecule has 2 N–H and O–H groups in total. The number of carbonyl (C=O) groups is 2. The molecule has 7 nitrogen and oxygen atoms in total. The van der Waals surface area contributed by atoms with Gasteiger partial charge >= 0.3 is 0 Å². The summed E-state index contributed by atoms with van der Waals surface area (Å²) in [6.45, 7) is 0.428. The summed E-state index contributed by atoms with van der Waals surface area (Å²) in [5.41, 5.74) is 1.99. The van der Waals surface area contributed by atoms with E-state index in [0.29, 0.717) is 35.5 Å². The van der Waals surface area contributed by atoms with Crippen molar-refractivity contribution >= 4 is 33.2 Å². The van der Waals surface area contributed by atoms with Crippen molar-refractivity contribution in [2.45, 2.75) is 38.1 Å². The van der Waals surface area contributed by atoms with Crippen molar-refractivity contribution in [2.24, 2.45) is 0 Å². The Bertz CT molecular complexity index is 1040. The first kappa shape index (κ1) is 20.4. The number of hydrogen-bond acceptors (Lipinski definition) is 4. The molecule has 158 valence electrons. The van der Waals surface area contributed by atoms with E-state index in [1.165, 1.54) is 4.31 Å². The van der Waals surface area contributed by atoms with E-state index in [4.69, 9.17) is 0 Å². The third kappa shape index (κ3) is 4.48. The molecule has 0 radical (unpaired) electrons. The number of sulfonamides is 1. The summed E-state index contributed by atoms with van der Waals surface area (Å²) in [6, 6.07) is 13.6. The maximum atomic E-state index is 12.6. The first-order valence-corrected chi connectivity index (χ1v) is 11.9. The van der Waals surface area contributed by atoms with Gasteiger partial charge in [-0.3, -0.25) is 13.9 Å². The lowest BCUT2D eigenvalue weighted by Gasteiger charge is -2.17. The monoisotopic (exact) mass is 427 g/mol. The number of amides is 2. The number of nitrogens with one attached hydrogen (secondary N) is 2. The van der Waals surface area contributed by atoms with Crippen LogP contribution in [-0.2, 0) is 10.0 Å². The lowest BCUT2D eigenvalue weighted by atomic mass is 10.1. The Labute approximate surface area is 176 Å². The molecule has 1 saturated heterocycles. The summed E-state index contributed by atoms with van der Waals surface area (Å²) in [7, 11) is -3.30. The quantitative estimate of drug-likeness (QED) is 0.766. The highest BCUT2D eigenvalue weighted by molar-refractivity contribution is 7.93. The first-order valence-electron chi connectivity index (χ1n) is 10.3. The zero-order valence-corrected chi connectivity index (χ0v) is 17.5. The summed E-state index contributed by atoms with van der Waals surface area (Å²) in [6.07, 6.45) is 4.94. The second kappa shape index (κ2) is 8.47. The maximum Gasteiger partial charge on any atom is 0.255 e. The molecule has 1 aliphatic carbocycles. The first-order chi connectivity index (χ1) is 14.4. The van der Waals surface area contributed by atoms with Crippen LogP contribution in [0.5, 0.6) is 0 Å². The van der Waals surface area contributed by atoms with E-state index >= 15 is 0 Å². The zero-order valence-electron chi connectivity index (χ0n) is 16.6. The molecule has 0 unspecified atom stereocenters. The van der Waals surface area contributed by atoms with Gasteiger partial charge in [0, 0.05) is 29.4 Å². The molecule has 2 aliphatic rings. The van der Waals surface area contributed by atoms with Crippen molar-refractivity contribution < 1.29 is 18.0 Å². The molecule has 2 aromatic carbocycles. The molecule has 1 heterocycles. The van der Waals surface area contributed by atoms with E-state index < -0.39 is 10.0 Å². The topological polar surface area (TPSA) is 95.6 Å². The average Bonchev–Trinajstić information content (AvgIpc) is 3.37. The molecule has 1 saturated carbocycles. The van der Waals surface area contributed by atoms with Gasteiger partial charge < -0.3 is 10.6 Å². The Morgan fingerprint density at radius 2 is 1.63 bits per heavy atom. The number of benzene rings is 2. The molecule has 8 heteroatoms. The zero-order chi connectivity index (χ0) is 21.1. The smallest absolute Gasteiger partial charge is 0.255 e. The van der Waals surface area contributed by atoms with Crippen molar-refractivity contribution in [3.8, 4) is 0 Å². The van der Waals surface area contributed by atoms with Gasteiger partial charge in [-0.2, -0.15) is 0 Å². The van der Waals surface area contributed by atoms with Crippen LogP contribution in [0.1, 0.15) is 52.8 Å². The van der Waals surface area contributed by atoms with Crippen LogP contribution >= 0.6 is 0 Å². The average molecular weight is 428 g/mol. The van der Waals surface area contributed by atoms with Gasteiger partial charge in [0.05, 0.1) is 11.4 Å². The molecule has 2 amide bonds. The molecule has 30 heavy (non-hydrogen) atoms. The lowest BCUT2D eigenvalue weighted by molar-refractivity contribution is 0.0937. The van der Waals surface area contributed by atoms with Gasteiger partial charge in [-0.15, -0.1) is 0 Å². The van der Waals surface area contributed by atoms with Crippen LogP contribution in [0.4, 0.5) is 11.4 Å². The van der Waals surface area contributed by atoms with E-state index in [9.17, 15) is 18.0 Å². The van der Waals surface area contributed by atoms with Crippen LogP contribution < -0.4 is 14.9 Å². The van der Waals surface area contributed by atoms with Gasteiger partial charge in [-0.25, -0.2) is 8.42 Å². The third-order valence-electron chi connectivity index (χ3n) is 5.59. The lowest BCUT2D eigenvalue weighted by Crippen LogP contribution is -2.32. The van der Waals surface area contributed by atoms with E-state index in [2.05, 4.69) is 10.6 Å². The van der Waals surface area contributed by atoms with Crippen molar-refractivity contribution in [3.63, 3.8) is 0 Å². The maximum absolute atomic E-state index is 12.6. The molecule has 4 rings (SSSR count). The van der Waals surface area contributed by atoms with Gasteiger partial charge in [0.25, 0.3) is 11.8 Å². The molecule has 2 aromatic rings. The van der Waals surface area contributed by atoms with Crippen LogP contribution in [0.3, 0.4) is 0 Å². The predicted molar refractivity (Wildman–Crippen MR) is 116 cm³/mol. The Hall–Kier alpha value is -2.87. The minimum Gasteiger partial charge on any atom is -0.349 e. The summed E-state index contributed by atoms with van der Waals surface area (Å²) in [5, 5.41) is 5.84. The highest BCUT2D eigenvalue weighted by Gasteiger charge is 2.28. The van der Waals surface area contributed by atoms with Crippen molar-refractivity contribution in [1.82, 2.24) is 5.32 Å². The van der Waals surface area contributed by atoms with Gasteiger partial charge in [0.15, 0.2) is 0 Å². The van der Waals surface area contributed by atoms with Crippen molar-refractivity contribution in [1.29, 1.82) is 0 Å². The minimum atomic E-state index is -3.30. The van der Waals surface area contributed by atoms with Crippen LogP contribution in [0.15, 0.2) is 48.5 Å². The van der Waals surface area contributed by atoms with E-state index in [0.717, 1.165) is 25.7 Å². The Kier molecular flexibility index (Phi) is 5.76. The normalized spacial score (nSPS) is 18.3. The third-order valence-corrected chi connectivity index (χ3v) is 7.46. The predicted octanol–water partition coefficient (Wildman–Crippen LogP) is 3.15. The Morgan fingerprint density at radius 1 is 0.900 bits per heavy atom. The molecule has 0 atom stereocenters. The summed E-state index contributed by atoms with van der Waals surface area (Å²) < 4.78 is 25.6. The standard InChI is InChI=1S/C22H25N3O4S/c26-21(23-18-6-1-2-7-18)16-9-11-19(12-10-16)24-22(27)17-5-3-8-20(15-17)25-13-4-14-30(25,28)29/h3,5,8-12,15,18H,1-2,4,6-7,13-14H2,(H,23,26)(H,24,27). The second-order valence-corrected chi connectivity index (χ2v) is 9.79. The fourth-order valence-corrected chi connectivity index (χ4v) is 5.54. The van der Waals surface area contributed by atoms with Gasteiger partial charge in [-0.05, 0) is 61.7 Å². The van der Waals surface area contributed by atoms with Gasteiger partial charge in [0.1, 0.15) is 0 Å². The molecule has 0 bridgehead atoms. The van der Waals surface area contributed by atoms with Crippen LogP contribution in [0, 0.1) is 0 Å². The van der Waals surface area contributed by atoms with E-state index in [1.807, 2.05) is 0 Å². The number of rotatable bonds is 5. The highest BCUT2D eigenvalue weighted by atomic mass is 32.2. The summed E-state index contributed by atoms with van der Waals surface area (Å²) >= 11 is 0. The Morgan fingerprint density at radius 3 is 2.30 bits per heavy atom. The Balaban J connectivity index is 1.41. The molecular weight excluding hydrogens is 402 g/mol. The summed E-state index contributed by atoms with van der Waals surface area (Å²) in [4.78, 5) is 25.0. The van der Waals surface area contributed by atoms with Crippen LogP contribution in [0.2, 0.25) is 0 Å². The molecule has 2 fully saturated rings. The van der Waals surface area contributed by atoms with Gasteiger partial charge in [0.2, 0.25) is 10.0 Å². The molecule has 0 aromatic heterocycles. The van der Waals surface area contributed by atoms with Gasteiger partial charge in [-0.1, -0.05) is 18.9 Å². The number of anilines is 2. The van der Waals surface area contributed by atoms with E-state index in [1.54, 1.807) is 48.5 Å².